The first-order chi connectivity index (χ1) is 17.2. The van der Waals surface area contributed by atoms with Crippen LogP contribution in [0.25, 0.3) is 0 Å². The Balaban J connectivity index is 1.32. The quantitative estimate of drug-likeness (QED) is 0.559. The second-order valence-corrected chi connectivity index (χ2v) is 9.27. The number of anilines is 1. The van der Waals surface area contributed by atoms with E-state index in [1.54, 1.807) is 0 Å². The molecule has 0 radical (unpaired) electrons. The zero-order chi connectivity index (χ0) is 24.0. The molecule has 0 aromatic heterocycles. The van der Waals surface area contributed by atoms with E-state index in [1.807, 2.05) is 65.6 Å². The highest BCUT2D eigenvalue weighted by Gasteiger charge is 2.49. The van der Waals surface area contributed by atoms with E-state index >= 15 is 0 Å². The third-order valence-electron chi connectivity index (χ3n) is 7.10. The maximum atomic E-state index is 13.1. The van der Waals surface area contributed by atoms with Crippen LogP contribution in [-0.2, 0) is 0 Å². The van der Waals surface area contributed by atoms with E-state index in [2.05, 4.69) is 46.3 Å². The van der Waals surface area contributed by atoms with Crippen LogP contribution >= 0.6 is 0 Å². The molecule has 178 valence electrons. The third-order valence-corrected chi connectivity index (χ3v) is 7.10. The Kier molecular flexibility index (Phi) is 7.13. The number of para-hydroxylation sites is 1. The highest BCUT2D eigenvalue weighted by Crippen LogP contribution is 2.42. The van der Waals surface area contributed by atoms with Gasteiger partial charge >= 0.3 is 6.03 Å². The minimum absolute atomic E-state index is 0.0595. The molecule has 0 unspecified atom stereocenters. The van der Waals surface area contributed by atoms with Gasteiger partial charge in [-0.2, -0.15) is 0 Å². The summed E-state index contributed by atoms with van der Waals surface area (Å²) >= 11 is 0. The van der Waals surface area contributed by atoms with E-state index in [9.17, 15) is 9.90 Å². The highest BCUT2D eigenvalue weighted by molar-refractivity contribution is 5.89. The standard InChI is InChI=1S/C30H31N3O2/c34-22-28-29(25-17-15-24(16-18-25)14-13-23-9-3-1-4-10-23)27-21-32(19-7-8-20-33(27)28)30(35)31-26-11-5-2-6-12-26/h1-6,9-12,15-18,27-29,34H,7-8,19-22H2,(H,31,35)/t27-,28+,29-/m0/s1. The van der Waals surface area contributed by atoms with E-state index < -0.39 is 0 Å². The average molecular weight is 466 g/mol. The molecule has 5 rings (SSSR count). The molecule has 3 aromatic rings. The minimum Gasteiger partial charge on any atom is -0.395 e. The molecule has 0 bridgehead atoms. The van der Waals surface area contributed by atoms with E-state index in [0.717, 1.165) is 42.7 Å². The maximum absolute atomic E-state index is 13.1. The number of nitrogens with one attached hydrogen (secondary N) is 1. The van der Waals surface area contributed by atoms with Crippen LogP contribution in [0.4, 0.5) is 10.5 Å². The summed E-state index contributed by atoms with van der Waals surface area (Å²) in [6.45, 7) is 2.47. The molecular formula is C30H31N3O2. The Bertz CT molecular complexity index is 1190. The molecule has 2 amide bonds. The van der Waals surface area contributed by atoms with Crippen LogP contribution in [0.5, 0.6) is 0 Å². The Labute approximate surface area is 207 Å². The molecule has 3 atom stereocenters. The Morgan fingerprint density at radius 1 is 0.857 bits per heavy atom. The van der Waals surface area contributed by atoms with Crippen LogP contribution in [0.2, 0.25) is 0 Å². The van der Waals surface area contributed by atoms with Crippen molar-refractivity contribution >= 4 is 11.7 Å². The molecule has 2 heterocycles. The van der Waals surface area contributed by atoms with Crippen molar-refractivity contribution in [3.63, 3.8) is 0 Å². The number of benzene rings is 3. The first-order valence-electron chi connectivity index (χ1n) is 12.4. The van der Waals surface area contributed by atoms with Crippen LogP contribution in [-0.4, -0.2) is 59.3 Å². The normalized spacial score (nSPS) is 22.0. The molecule has 2 aliphatic heterocycles. The molecule has 2 fully saturated rings. The molecule has 0 spiro atoms. The monoisotopic (exact) mass is 465 g/mol. The molecule has 0 aliphatic carbocycles. The van der Waals surface area contributed by atoms with Crippen molar-refractivity contribution in [1.29, 1.82) is 0 Å². The van der Waals surface area contributed by atoms with Crippen molar-refractivity contribution in [2.24, 2.45) is 0 Å². The molecule has 35 heavy (non-hydrogen) atoms. The molecule has 2 aliphatic rings. The number of aliphatic hydroxyl groups is 1. The summed E-state index contributed by atoms with van der Waals surface area (Å²) in [7, 11) is 0. The lowest BCUT2D eigenvalue weighted by atomic mass is 9.74. The number of urea groups is 1. The zero-order valence-electron chi connectivity index (χ0n) is 19.8. The van der Waals surface area contributed by atoms with Crippen molar-refractivity contribution in [1.82, 2.24) is 9.80 Å². The largest absolute Gasteiger partial charge is 0.395 e. The number of rotatable bonds is 3. The van der Waals surface area contributed by atoms with Gasteiger partial charge in [-0.15, -0.1) is 0 Å². The van der Waals surface area contributed by atoms with Crippen molar-refractivity contribution in [2.45, 2.75) is 30.8 Å². The summed E-state index contributed by atoms with van der Waals surface area (Å²) in [4.78, 5) is 17.4. The third kappa shape index (κ3) is 5.24. The second kappa shape index (κ2) is 10.8. The van der Waals surface area contributed by atoms with Gasteiger partial charge in [-0.1, -0.05) is 60.4 Å². The fraction of sp³-hybridized carbons (Fsp3) is 0.300. The van der Waals surface area contributed by atoms with E-state index in [0.29, 0.717) is 6.54 Å². The van der Waals surface area contributed by atoms with Gasteiger partial charge in [0, 0.05) is 47.9 Å². The van der Waals surface area contributed by atoms with Crippen LogP contribution < -0.4 is 5.32 Å². The minimum atomic E-state index is -0.0595. The predicted molar refractivity (Wildman–Crippen MR) is 139 cm³/mol. The maximum Gasteiger partial charge on any atom is 0.321 e. The first kappa shape index (κ1) is 23.2. The molecule has 0 saturated carbocycles. The van der Waals surface area contributed by atoms with Crippen molar-refractivity contribution < 1.29 is 9.90 Å². The molecule has 2 saturated heterocycles. The van der Waals surface area contributed by atoms with Crippen molar-refractivity contribution in [3.05, 3.63) is 102 Å². The van der Waals surface area contributed by atoms with Gasteiger partial charge in [-0.25, -0.2) is 4.79 Å². The zero-order valence-corrected chi connectivity index (χ0v) is 19.8. The smallest absolute Gasteiger partial charge is 0.321 e. The van der Waals surface area contributed by atoms with E-state index in [4.69, 9.17) is 0 Å². The number of carbonyl (C=O) groups excluding carboxylic acids is 1. The van der Waals surface area contributed by atoms with Gasteiger partial charge in [0.05, 0.1) is 6.61 Å². The summed E-state index contributed by atoms with van der Waals surface area (Å²) in [5.74, 6) is 6.63. The number of amides is 2. The second-order valence-electron chi connectivity index (χ2n) is 9.27. The van der Waals surface area contributed by atoms with Gasteiger partial charge in [0.2, 0.25) is 0 Å². The van der Waals surface area contributed by atoms with Gasteiger partial charge in [0.25, 0.3) is 0 Å². The van der Waals surface area contributed by atoms with Crippen molar-refractivity contribution in [3.8, 4) is 11.8 Å². The molecule has 5 nitrogen and oxygen atoms in total. The first-order valence-corrected chi connectivity index (χ1v) is 12.4. The van der Waals surface area contributed by atoms with Crippen LogP contribution in [0.1, 0.15) is 35.4 Å². The Morgan fingerprint density at radius 3 is 2.17 bits per heavy atom. The highest BCUT2D eigenvalue weighted by atomic mass is 16.3. The van der Waals surface area contributed by atoms with Crippen LogP contribution in [0, 0.1) is 11.8 Å². The van der Waals surface area contributed by atoms with Gasteiger partial charge in [-0.05, 0) is 61.3 Å². The Hall–Kier alpha value is -3.59. The summed E-state index contributed by atoms with van der Waals surface area (Å²) in [5, 5.41) is 13.2. The Morgan fingerprint density at radius 2 is 1.49 bits per heavy atom. The van der Waals surface area contributed by atoms with Gasteiger partial charge in [0.15, 0.2) is 0 Å². The van der Waals surface area contributed by atoms with Gasteiger partial charge in [0.1, 0.15) is 0 Å². The molecule has 2 N–H and O–H groups in total. The number of nitrogens with zero attached hydrogens (tertiary/aromatic N) is 2. The number of hydrogen-bond donors (Lipinski definition) is 2. The number of aliphatic hydroxyl groups excluding tert-OH is 1. The average Bonchev–Trinajstić information content (AvgIpc) is 2.88. The SMILES string of the molecule is O=C(Nc1ccccc1)N1CCCCN2[C@H](CO)[C@@H](c3ccc(C#Cc4ccccc4)cc3)[C@@H]2C1. The summed E-state index contributed by atoms with van der Waals surface area (Å²) in [6, 6.07) is 28.2. The molecule has 3 aromatic carbocycles. The summed E-state index contributed by atoms with van der Waals surface area (Å²) < 4.78 is 0. The van der Waals surface area contributed by atoms with Gasteiger partial charge in [-0.3, -0.25) is 4.90 Å². The fourth-order valence-corrected chi connectivity index (χ4v) is 5.30. The van der Waals surface area contributed by atoms with E-state index in [1.165, 1.54) is 5.56 Å². The van der Waals surface area contributed by atoms with E-state index in [-0.39, 0.29) is 30.6 Å². The molecule has 5 heteroatoms. The lowest BCUT2D eigenvalue weighted by Gasteiger charge is -2.57. The number of fused-ring (bicyclic) bond motifs is 1. The molecular weight excluding hydrogens is 434 g/mol. The summed E-state index contributed by atoms with van der Waals surface area (Å²) in [6.07, 6.45) is 1.98. The van der Waals surface area contributed by atoms with Crippen molar-refractivity contribution in [2.75, 3.05) is 31.6 Å². The predicted octanol–water partition coefficient (Wildman–Crippen LogP) is 4.54. The summed E-state index contributed by atoms with van der Waals surface area (Å²) in [5.41, 5.74) is 3.97. The van der Waals surface area contributed by atoms with Gasteiger partial charge < -0.3 is 15.3 Å². The van der Waals surface area contributed by atoms with Crippen LogP contribution in [0.3, 0.4) is 0 Å². The fourth-order valence-electron chi connectivity index (χ4n) is 5.30. The topological polar surface area (TPSA) is 55.8 Å². The number of carbonyl (C=O) groups is 1. The lowest BCUT2D eigenvalue weighted by Crippen LogP contribution is -2.68. The van der Waals surface area contributed by atoms with Crippen LogP contribution in [0.15, 0.2) is 84.9 Å². The number of hydrogen-bond acceptors (Lipinski definition) is 3. The lowest BCUT2D eigenvalue weighted by molar-refractivity contribution is -0.0585.